The van der Waals surface area contributed by atoms with Crippen molar-refractivity contribution < 1.29 is 35.9 Å². The van der Waals surface area contributed by atoms with Gasteiger partial charge in [-0.25, -0.2) is 0 Å². The number of benzene rings is 1. The molecule has 0 saturated carbocycles. The lowest BCUT2D eigenvalue weighted by atomic mass is 10.1. The van der Waals surface area contributed by atoms with Crippen molar-refractivity contribution in [2.24, 2.45) is 0 Å². The van der Waals surface area contributed by atoms with Gasteiger partial charge in [-0.15, -0.1) is 24.8 Å². The topological polar surface area (TPSA) is 26.3 Å². The van der Waals surface area contributed by atoms with Crippen molar-refractivity contribution in [1.82, 2.24) is 0 Å². The van der Waals surface area contributed by atoms with Gasteiger partial charge in [-0.3, -0.25) is 4.79 Å². The number of hydrogen-bond acceptors (Lipinski definition) is 2. The Bertz CT molecular complexity index is 480. The second-order valence-corrected chi connectivity index (χ2v) is 3.55. The minimum Gasteiger partial charge on any atom is -0.404 e. The summed E-state index contributed by atoms with van der Waals surface area (Å²) in [6.07, 6.45) is -10.5. The smallest absolute Gasteiger partial charge is 0.404 e. The summed E-state index contributed by atoms with van der Waals surface area (Å²) in [6, 6.07) is 1.96. The molecule has 0 amide bonds. The van der Waals surface area contributed by atoms with Gasteiger partial charge in [0.1, 0.15) is 0 Å². The van der Waals surface area contributed by atoms with Crippen LogP contribution in [0.4, 0.5) is 26.3 Å². The molecule has 0 aliphatic heterocycles. The zero-order chi connectivity index (χ0) is 14.8. The molecule has 1 aromatic carbocycles. The van der Waals surface area contributed by atoms with E-state index in [0.717, 1.165) is 12.1 Å². The standard InChI is InChI=1S/C10H5ClF6O2/c11-4-7(18)5-2-1-3-6(9(12,13)14)8(5)19-10(15,16)17/h1-3H,4H2. The van der Waals surface area contributed by atoms with Crippen molar-refractivity contribution in [1.29, 1.82) is 0 Å². The molecule has 0 aromatic heterocycles. The maximum atomic E-state index is 12.6. The van der Waals surface area contributed by atoms with E-state index < -0.39 is 41.1 Å². The molecule has 0 atom stereocenters. The van der Waals surface area contributed by atoms with Gasteiger partial charge in [0.05, 0.1) is 17.0 Å². The summed E-state index contributed by atoms with van der Waals surface area (Å²) < 4.78 is 77.4. The number of carbonyl (C=O) groups excluding carboxylic acids is 1. The Kier molecular flexibility index (Phi) is 4.34. The van der Waals surface area contributed by atoms with E-state index in [0.29, 0.717) is 6.07 Å². The van der Waals surface area contributed by atoms with E-state index in [-0.39, 0.29) is 0 Å². The maximum absolute atomic E-state index is 12.6. The molecule has 19 heavy (non-hydrogen) atoms. The van der Waals surface area contributed by atoms with Crippen LogP contribution in [0.15, 0.2) is 18.2 Å². The predicted molar refractivity (Wildman–Crippen MR) is 53.2 cm³/mol. The first-order valence-corrected chi connectivity index (χ1v) is 5.15. The summed E-state index contributed by atoms with van der Waals surface area (Å²) in [6.45, 7) is 0. The van der Waals surface area contributed by atoms with E-state index in [9.17, 15) is 31.1 Å². The van der Waals surface area contributed by atoms with Crippen LogP contribution in [0, 0.1) is 0 Å². The Balaban J connectivity index is 3.45. The summed E-state index contributed by atoms with van der Waals surface area (Å²) in [5.74, 6) is -3.46. The Morgan fingerprint density at radius 1 is 1.16 bits per heavy atom. The second kappa shape index (κ2) is 5.28. The molecule has 0 bridgehead atoms. The van der Waals surface area contributed by atoms with Gasteiger partial charge in [-0.1, -0.05) is 6.07 Å². The van der Waals surface area contributed by atoms with Gasteiger partial charge in [-0.05, 0) is 12.1 Å². The van der Waals surface area contributed by atoms with Crippen molar-refractivity contribution in [3.8, 4) is 5.75 Å². The van der Waals surface area contributed by atoms with Gasteiger partial charge >= 0.3 is 12.5 Å². The number of para-hydroxylation sites is 1. The molecule has 0 unspecified atom stereocenters. The fourth-order valence-corrected chi connectivity index (χ4v) is 1.42. The van der Waals surface area contributed by atoms with Crippen molar-refractivity contribution >= 4 is 17.4 Å². The van der Waals surface area contributed by atoms with E-state index in [1.165, 1.54) is 0 Å². The Morgan fingerprint density at radius 3 is 2.16 bits per heavy atom. The lowest BCUT2D eigenvalue weighted by Crippen LogP contribution is -2.22. The summed E-state index contributed by atoms with van der Waals surface area (Å²) in [4.78, 5) is 11.3. The van der Waals surface area contributed by atoms with Crippen LogP contribution in [0.1, 0.15) is 15.9 Å². The number of ketones is 1. The SMILES string of the molecule is O=C(CCl)c1cccc(C(F)(F)F)c1OC(F)(F)F. The minimum atomic E-state index is -5.36. The van der Waals surface area contributed by atoms with E-state index in [1.807, 2.05) is 0 Å². The molecule has 1 aromatic rings. The lowest BCUT2D eigenvalue weighted by molar-refractivity contribution is -0.276. The molecule has 2 nitrogen and oxygen atoms in total. The Hall–Kier alpha value is -1.44. The average Bonchev–Trinajstić information content (AvgIpc) is 2.24. The summed E-state index contributed by atoms with van der Waals surface area (Å²) in [5, 5.41) is 0. The zero-order valence-electron chi connectivity index (χ0n) is 8.90. The van der Waals surface area contributed by atoms with Crippen molar-refractivity contribution in [3.05, 3.63) is 29.3 Å². The normalized spacial score (nSPS) is 12.4. The van der Waals surface area contributed by atoms with Gasteiger partial charge in [0.15, 0.2) is 11.5 Å². The van der Waals surface area contributed by atoms with Crippen LogP contribution >= 0.6 is 11.6 Å². The highest BCUT2D eigenvalue weighted by atomic mass is 35.5. The van der Waals surface area contributed by atoms with Crippen LogP contribution in [-0.2, 0) is 6.18 Å². The molecule has 0 aliphatic rings. The maximum Gasteiger partial charge on any atom is 0.573 e. The van der Waals surface area contributed by atoms with Crippen molar-refractivity contribution in [2.75, 3.05) is 5.88 Å². The van der Waals surface area contributed by atoms with E-state index in [4.69, 9.17) is 11.6 Å². The number of alkyl halides is 7. The highest BCUT2D eigenvalue weighted by molar-refractivity contribution is 6.30. The molecular formula is C10H5ClF6O2. The molecule has 0 fully saturated rings. The minimum absolute atomic E-state index is 0.381. The van der Waals surface area contributed by atoms with Gasteiger partial charge < -0.3 is 4.74 Å². The quantitative estimate of drug-likeness (QED) is 0.479. The Labute approximate surface area is 107 Å². The van der Waals surface area contributed by atoms with Crippen LogP contribution in [0.3, 0.4) is 0 Å². The van der Waals surface area contributed by atoms with E-state index in [1.54, 1.807) is 0 Å². The molecule has 0 N–H and O–H groups in total. The number of carbonyl (C=O) groups is 1. The second-order valence-electron chi connectivity index (χ2n) is 3.28. The summed E-state index contributed by atoms with van der Waals surface area (Å²) in [5.41, 5.74) is -2.57. The number of hydrogen-bond donors (Lipinski definition) is 0. The van der Waals surface area contributed by atoms with Crippen molar-refractivity contribution in [3.63, 3.8) is 0 Å². The third-order valence-electron chi connectivity index (χ3n) is 1.96. The van der Waals surface area contributed by atoms with Crippen LogP contribution in [0.2, 0.25) is 0 Å². The number of ether oxygens (including phenoxy) is 1. The molecule has 9 heteroatoms. The largest absolute Gasteiger partial charge is 0.573 e. The fraction of sp³-hybridized carbons (Fsp3) is 0.300. The summed E-state index contributed by atoms with van der Waals surface area (Å²) in [7, 11) is 0. The molecular weight excluding hydrogens is 302 g/mol. The van der Waals surface area contributed by atoms with E-state index >= 15 is 0 Å². The summed E-state index contributed by atoms with van der Waals surface area (Å²) >= 11 is 5.13. The Morgan fingerprint density at radius 2 is 1.74 bits per heavy atom. The molecule has 106 valence electrons. The molecule has 0 saturated heterocycles. The van der Waals surface area contributed by atoms with Crippen molar-refractivity contribution in [2.45, 2.75) is 12.5 Å². The molecule has 0 spiro atoms. The molecule has 0 aliphatic carbocycles. The van der Waals surface area contributed by atoms with Crippen LogP contribution < -0.4 is 4.74 Å². The number of Topliss-reactive ketones (excluding diaryl/α,β-unsaturated/α-hetero) is 1. The number of halogens is 7. The third-order valence-corrected chi connectivity index (χ3v) is 2.20. The van der Waals surface area contributed by atoms with E-state index in [2.05, 4.69) is 4.74 Å². The van der Waals surface area contributed by atoms with Crippen LogP contribution in [0.25, 0.3) is 0 Å². The lowest BCUT2D eigenvalue weighted by Gasteiger charge is -2.17. The molecule has 0 heterocycles. The van der Waals surface area contributed by atoms with Crippen LogP contribution in [0.5, 0.6) is 5.75 Å². The van der Waals surface area contributed by atoms with Crippen LogP contribution in [-0.4, -0.2) is 18.0 Å². The first kappa shape index (κ1) is 15.6. The fourth-order valence-electron chi connectivity index (χ4n) is 1.28. The molecule has 0 radical (unpaired) electrons. The number of rotatable bonds is 3. The van der Waals surface area contributed by atoms with Gasteiger partial charge in [0.25, 0.3) is 0 Å². The highest BCUT2D eigenvalue weighted by Gasteiger charge is 2.41. The predicted octanol–water partition coefficient (Wildman–Crippen LogP) is 4.03. The van der Waals surface area contributed by atoms with Gasteiger partial charge in [0.2, 0.25) is 0 Å². The first-order chi connectivity index (χ1) is 8.56. The molecule has 1 rings (SSSR count). The zero-order valence-corrected chi connectivity index (χ0v) is 9.66. The average molecular weight is 307 g/mol. The van der Waals surface area contributed by atoms with Gasteiger partial charge in [0, 0.05) is 0 Å². The highest BCUT2D eigenvalue weighted by Crippen LogP contribution is 2.40. The van der Waals surface area contributed by atoms with Gasteiger partial charge in [-0.2, -0.15) is 13.2 Å². The third kappa shape index (κ3) is 4.02. The first-order valence-electron chi connectivity index (χ1n) is 4.61. The monoisotopic (exact) mass is 306 g/mol.